The van der Waals surface area contributed by atoms with Crippen LogP contribution in [0.5, 0.6) is 0 Å². The van der Waals surface area contributed by atoms with Gasteiger partial charge in [0.05, 0.1) is 18.5 Å². The normalized spacial score (nSPS) is 22.6. The lowest BCUT2D eigenvalue weighted by molar-refractivity contribution is 0.0904. The van der Waals surface area contributed by atoms with Gasteiger partial charge in [0.25, 0.3) is 0 Å². The number of sulfonamides is 1. The van der Waals surface area contributed by atoms with Crippen LogP contribution in [0.3, 0.4) is 0 Å². The van der Waals surface area contributed by atoms with Crippen molar-refractivity contribution in [1.29, 1.82) is 0 Å². The van der Waals surface area contributed by atoms with Gasteiger partial charge >= 0.3 is 0 Å². The van der Waals surface area contributed by atoms with Gasteiger partial charge in [-0.2, -0.15) is 4.31 Å². The van der Waals surface area contributed by atoms with Gasteiger partial charge in [-0.25, -0.2) is 8.42 Å². The Bertz CT molecular complexity index is 595. The number of rotatable bonds is 8. The van der Waals surface area contributed by atoms with Gasteiger partial charge in [0, 0.05) is 52.9 Å². The SMILES string of the molecule is CN=C(NCCN1CCCC(C)C1)N1CCN(S(=O)(=O)CCOC(C)C)CC1.I. The molecule has 1 unspecified atom stereocenters. The molecule has 0 saturated carbocycles. The van der Waals surface area contributed by atoms with Crippen molar-refractivity contribution in [2.45, 2.75) is 39.7 Å². The van der Waals surface area contributed by atoms with Crippen molar-refractivity contribution in [1.82, 2.24) is 19.4 Å². The molecule has 0 bridgehead atoms. The summed E-state index contributed by atoms with van der Waals surface area (Å²) in [6.07, 6.45) is 2.67. The quantitative estimate of drug-likeness (QED) is 0.282. The molecular formula is C19H40IN5O3S. The highest BCUT2D eigenvalue weighted by Gasteiger charge is 2.28. The van der Waals surface area contributed by atoms with Crippen molar-refractivity contribution in [3.8, 4) is 0 Å². The maximum atomic E-state index is 12.5. The molecule has 2 aliphatic rings. The highest BCUT2D eigenvalue weighted by Crippen LogP contribution is 2.14. The van der Waals surface area contributed by atoms with Crippen LogP contribution in [0.4, 0.5) is 0 Å². The highest BCUT2D eigenvalue weighted by molar-refractivity contribution is 14.0. The number of guanidine groups is 1. The van der Waals surface area contributed by atoms with E-state index in [1.807, 2.05) is 13.8 Å². The molecule has 0 aromatic heterocycles. The molecule has 1 atom stereocenters. The van der Waals surface area contributed by atoms with Crippen molar-refractivity contribution in [2.24, 2.45) is 10.9 Å². The lowest BCUT2D eigenvalue weighted by Gasteiger charge is -2.36. The summed E-state index contributed by atoms with van der Waals surface area (Å²) in [5, 5.41) is 3.45. The Labute approximate surface area is 194 Å². The number of nitrogens with zero attached hydrogens (tertiary/aromatic N) is 4. The minimum Gasteiger partial charge on any atom is -0.378 e. The second kappa shape index (κ2) is 13.3. The molecule has 0 spiro atoms. The molecule has 2 heterocycles. The van der Waals surface area contributed by atoms with E-state index >= 15 is 0 Å². The maximum Gasteiger partial charge on any atom is 0.216 e. The summed E-state index contributed by atoms with van der Waals surface area (Å²) >= 11 is 0. The molecule has 8 nitrogen and oxygen atoms in total. The molecule has 0 aromatic carbocycles. The third kappa shape index (κ3) is 9.24. The Kier molecular flexibility index (Phi) is 12.3. The fourth-order valence-electron chi connectivity index (χ4n) is 3.84. The van der Waals surface area contributed by atoms with Gasteiger partial charge in [0.15, 0.2) is 5.96 Å². The molecular weight excluding hydrogens is 505 g/mol. The third-order valence-corrected chi connectivity index (χ3v) is 7.22. The van der Waals surface area contributed by atoms with Crippen LogP contribution in [0, 0.1) is 5.92 Å². The van der Waals surface area contributed by atoms with Gasteiger partial charge in [-0.15, -0.1) is 24.0 Å². The predicted octanol–water partition coefficient (Wildman–Crippen LogP) is 1.28. The van der Waals surface area contributed by atoms with Crippen LogP contribution < -0.4 is 5.32 Å². The van der Waals surface area contributed by atoms with E-state index in [1.165, 1.54) is 25.9 Å². The molecule has 0 aromatic rings. The number of nitrogens with one attached hydrogen (secondary N) is 1. The number of likely N-dealkylation sites (tertiary alicyclic amines) is 1. The summed E-state index contributed by atoms with van der Waals surface area (Å²) in [6, 6.07) is 0. The van der Waals surface area contributed by atoms with Gasteiger partial charge < -0.3 is 19.9 Å². The second-order valence-electron chi connectivity index (χ2n) is 8.14. The lowest BCUT2D eigenvalue weighted by atomic mass is 10.0. The van der Waals surface area contributed by atoms with E-state index in [-0.39, 0.29) is 42.4 Å². The summed E-state index contributed by atoms with van der Waals surface area (Å²) < 4.78 is 31.9. The highest BCUT2D eigenvalue weighted by atomic mass is 127. The Balaban J connectivity index is 0.00000420. The Hall–Kier alpha value is -0.170. The zero-order chi connectivity index (χ0) is 20.6. The predicted molar refractivity (Wildman–Crippen MR) is 130 cm³/mol. The molecule has 2 saturated heterocycles. The second-order valence-corrected chi connectivity index (χ2v) is 10.2. The Morgan fingerprint density at radius 3 is 2.48 bits per heavy atom. The number of hydrogen-bond donors (Lipinski definition) is 1. The van der Waals surface area contributed by atoms with Crippen LogP contribution >= 0.6 is 24.0 Å². The van der Waals surface area contributed by atoms with Gasteiger partial charge in [0.1, 0.15) is 0 Å². The van der Waals surface area contributed by atoms with Gasteiger partial charge in [-0.3, -0.25) is 4.99 Å². The van der Waals surface area contributed by atoms with Crippen LogP contribution in [0.2, 0.25) is 0 Å². The summed E-state index contributed by atoms with van der Waals surface area (Å²) in [6.45, 7) is 12.9. The molecule has 2 fully saturated rings. The van der Waals surface area contributed by atoms with E-state index in [4.69, 9.17) is 4.74 Å². The van der Waals surface area contributed by atoms with Crippen LogP contribution in [0.1, 0.15) is 33.6 Å². The zero-order valence-corrected chi connectivity index (χ0v) is 21.6. The summed E-state index contributed by atoms with van der Waals surface area (Å²) in [4.78, 5) is 9.05. The van der Waals surface area contributed by atoms with Crippen molar-refractivity contribution in [2.75, 3.05) is 71.8 Å². The van der Waals surface area contributed by atoms with Gasteiger partial charge in [-0.1, -0.05) is 6.92 Å². The van der Waals surface area contributed by atoms with E-state index in [9.17, 15) is 8.42 Å². The smallest absolute Gasteiger partial charge is 0.216 e. The summed E-state index contributed by atoms with van der Waals surface area (Å²) in [7, 11) is -1.47. The summed E-state index contributed by atoms with van der Waals surface area (Å²) in [5.74, 6) is 1.70. The van der Waals surface area contributed by atoms with E-state index in [2.05, 4.69) is 27.0 Å². The van der Waals surface area contributed by atoms with Crippen molar-refractivity contribution in [3.05, 3.63) is 0 Å². The molecule has 10 heteroatoms. The zero-order valence-electron chi connectivity index (χ0n) is 18.5. The van der Waals surface area contributed by atoms with Crippen LogP contribution in [-0.4, -0.2) is 106 Å². The Morgan fingerprint density at radius 2 is 1.90 bits per heavy atom. The van der Waals surface area contributed by atoms with Crippen molar-refractivity contribution >= 4 is 40.0 Å². The maximum absolute atomic E-state index is 12.5. The van der Waals surface area contributed by atoms with Gasteiger partial charge in [0.2, 0.25) is 10.0 Å². The molecule has 172 valence electrons. The topological polar surface area (TPSA) is 77.5 Å². The average Bonchev–Trinajstić information content (AvgIpc) is 2.65. The average molecular weight is 546 g/mol. The minimum absolute atomic E-state index is 0. The Morgan fingerprint density at radius 1 is 1.21 bits per heavy atom. The first-order chi connectivity index (χ1) is 13.3. The number of ether oxygens (including phenoxy) is 1. The molecule has 29 heavy (non-hydrogen) atoms. The van der Waals surface area contributed by atoms with E-state index < -0.39 is 10.0 Å². The number of piperazine rings is 1. The fraction of sp³-hybridized carbons (Fsp3) is 0.947. The largest absolute Gasteiger partial charge is 0.378 e. The molecule has 0 amide bonds. The first-order valence-electron chi connectivity index (χ1n) is 10.6. The minimum atomic E-state index is -3.26. The number of hydrogen-bond acceptors (Lipinski definition) is 5. The first kappa shape index (κ1) is 26.9. The van der Waals surface area contributed by atoms with Crippen LogP contribution in [0.25, 0.3) is 0 Å². The third-order valence-electron chi connectivity index (χ3n) is 5.39. The summed E-state index contributed by atoms with van der Waals surface area (Å²) in [5.41, 5.74) is 0. The number of piperidine rings is 1. The van der Waals surface area contributed by atoms with Crippen LogP contribution in [0.15, 0.2) is 4.99 Å². The number of aliphatic imine (C=N–C) groups is 1. The molecule has 2 rings (SSSR count). The molecule has 1 N–H and O–H groups in total. The van der Waals surface area contributed by atoms with E-state index in [1.54, 1.807) is 11.4 Å². The van der Waals surface area contributed by atoms with Crippen molar-refractivity contribution < 1.29 is 13.2 Å². The fourth-order valence-corrected chi connectivity index (χ4v) is 5.13. The van der Waals surface area contributed by atoms with Crippen molar-refractivity contribution in [3.63, 3.8) is 0 Å². The standard InChI is InChI=1S/C19H39N5O3S.HI/c1-17(2)27-14-15-28(25,26)24-12-10-23(11-13-24)19(20-4)21-7-9-22-8-5-6-18(3)16-22;/h17-18H,5-16H2,1-4H3,(H,20,21);1H. The molecule has 0 aliphatic carbocycles. The lowest BCUT2D eigenvalue weighted by Crippen LogP contribution is -2.54. The van der Waals surface area contributed by atoms with Crippen LogP contribution in [-0.2, 0) is 14.8 Å². The van der Waals surface area contributed by atoms with E-state index in [0.29, 0.717) is 26.2 Å². The van der Waals surface area contributed by atoms with Gasteiger partial charge in [-0.05, 0) is 39.2 Å². The number of halogens is 1. The van der Waals surface area contributed by atoms with E-state index in [0.717, 1.165) is 25.0 Å². The first-order valence-corrected chi connectivity index (χ1v) is 12.2. The molecule has 0 radical (unpaired) electrons. The molecule has 2 aliphatic heterocycles. The monoisotopic (exact) mass is 545 g/mol.